The molecular formula is C14H15FN4S. The van der Waals surface area contributed by atoms with E-state index in [1.807, 2.05) is 6.07 Å². The van der Waals surface area contributed by atoms with Crippen LogP contribution in [0.15, 0.2) is 24.3 Å². The van der Waals surface area contributed by atoms with Crippen LogP contribution in [0, 0.1) is 10.6 Å². The fourth-order valence-corrected chi connectivity index (χ4v) is 2.60. The lowest BCUT2D eigenvalue weighted by molar-refractivity contribution is 0.628. The molecule has 0 saturated carbocycles. The number of rotatable bonds is 2. The van der Waals surface area contributed by atoms with Crippen molar-refractivity contribution >= 4 is 23.7 Å². The van der Waals surface area contributed by atoms with Crippen molar-refractivity contribution in [1.29, 1.82) is 0 Å². The number of fused-ring (bicyclic) bond motifs is 1. The summed E-state index contributed by atoms with van der Waals surface area (Å²) < 4.78 is 13.7. The van der Waals surface area contributed by atoms with Crippen molar-refractivity contribution in [1.82, 2.24) is 15.3 Å². The van der Waals surface area contributed by atoms with E-state index in [1.54, 1.807) is 6.07 Å². The molecule has 0 atom stereocenters. The van der Waals surface area contributed by atoms with Gasteiger partial charge in [-0.1, -0.05) is 6.07 Å². The first-order chi connectivity index (χ1) is 9.72. The standard InChI is InChI=1S/C14H15FN4S/c15-9-2-1-3-10(8-9)17-13-11-4-6-16-7-5-12(11)18-14(20)19-13/h1-3,8,16H,4-7H2,(H2,17,18,19,20). The number of halogens is 1. The number of hydrogen-bond donors (Lipinski definition) is 3. The number of anilines is 2. The molecule has 20 heavy (non-hydrogen) atoms. The number of aromatic amines is 1. The lowest BCUT2D eigenvalue weighted by atomic mass is 10.1. The maximum atomic E-state index is 13.3. The van der Waals surface area contributed by atoms with Crippen LogP contribution in [0.4, 0.5) is 15.9 Å². The lowest BCUT2D eigenvalue weighted by Crippen LogP contribution is -2.16. The minimum atomic E-state index is -0.274. The Morgan fingerprint density at radius 1 is 1.25 bits per heavy atom. The molecule has 1 aliphatic heterocycles. The van der Waals surface area contributed by atoms with Crippen molar-refractivity contribution in [2.45, 2.75) is 12.8 Å². The molecule has 0 fully saturated rings. The average molecular weight is 290 g/mol. The van der Waals surface area contributed by atoms with Crippen LogP contribution in [0.5, 0.6) is 0 Å². The second-order valence-electron chi connectivity index (χ2n) is 4.73. The van der Waals surface area contributed by atoms with E-state index < -0.39 is 0 Å². The van der Waals surface area contributed by atoms with Crippen molar-refractivity contribution in [3.05, 3.63) is 46.1 Å². The van der Waals surface area contributed by atoms with Crippen molar-refractivity contribution in [3.8, 4) is 0 Å². The maximum absolute atomic E-state index is 13.3. The van der Waals surface area contributed by atoms with Gasteiger partial charge in [0, 0.05) is 29.9 Å². The Balaban J connectivity index is 2.00. The summed E-state index contributed by atoms with van der Waals surface area (Å²) in [5, 5.41) is 6.52. The molecule has 0 aliphatic carbocycles. The van der Waals surface area contributed by atoms with E-state index in [2.05, 4.69) is 20.6 Å². The number of hydrogen-bond acceptors (Lipinski definition) is 4. The van der Waals surface area contributed by atoms with Gasteiger partial charge in [0.15, 0.2) is 4.77 Å². The van der Waals surface area contributed by atoms with Gasteiger partial charge in [-0.2, -0.15) is 0 Å². The van der Waals surface area contributed by atoms with Crippen LogP contribution in [-0.2, 0) is 12.8 Å². The Morgan fingerprint density at radius 2 is 2.10 bits per heavy atom. The number of aromatic nitrogens is 2. The number of nitrogens with zero attached hydrogens (tertiary/aromatic N) is 1. The largest absolute Gasteiger partial charge is 0.340 e. The molecule has 0 bridgehead atoms. The third-order valence-corrected chi connectivity index (χ3v) is 3.51. The van der Waals surface area contributed by atoms with Crippen LogP contribution in [0.3, 0.4) is 0 Å². The van der Waals surface area contributed by atoms with E-state index in [9.17, 15) is 4.39 Å². The van der Waals surface area contributed by atoms with Crippen LogP contribution in [-0.4, -0.2) is 23.1 Å². The molecule has 4 nitrogen and oxygen atoms in total. The second-order valence-corrected chi connectivity index (χ2v) is 5.12. The fraction of sp³-hybridized carbons (Fsp3) is 0.286. The van der Waals surface area contributed by atoms with E-state index in [0.29, 0.717) is 10.5 Å². The smallest absolute Gasteiger partial charge is 0.198 e. The zero-order valence-corrected chi connectivity index (χ0v) is 11.7. The first kappa shape index (κ1) is 13.2. The monoisotopic (exact) mass is 290 g/mol. The first-order valence-electron chi connectivity index (χ1n) is 6.58. The fourth-order valence-electron chi connectivity index (χ4n) is 2.39. The van der Waals surface area contributed by atoms with Gasteiger partial charge in [-0.25, -0.2) is 9.37 Å². The molecule has 3 rings (SSSR count). The van der Waals surface area contributed by atoms with Crippen LogP contribution < -0.4 is 10.6 Å². The predicted octanol–water partition coefficient (Wildman–Crippen LogP) is 2.71. The average Bonchev–Trinajstić information content (AvgIpc) is 2.64. The van der Waals surface area contributed by atoms with E-state index in [-0.39, 0.29) is 5.82 Å². The Bertz CT molecular complexity index is 683. The molecule has 6 heteroatoms. The Labute approximate surface area is 121 Å². The number of benzene rings is 1. The van der Waals surface area contributed by atoms with Crippen molar-refractivity contribution in [2.75, 3.05) is 18.4 Å². The van der Waals surface area contributed by atoms with Crippen molar-refractivity contribution in [2.24, 2.45) is 0 Å². The quantitative estimate of drug-likeness (QED) is 0.744. The Morgan fingerprint density at radius 3 is 2.95 bits per heavy atom. The van der Waals surface area contributed by atoms with Gasteiger partial charge in [-0.15, -0.1) is 0 Å². The zero-order valence-electron chi connectivity index (χ0n) is 10.9. The van der Waals surface area contributed by atoms with Gasteiger partial charge in [0.05, 0.1) is 0 Å². The van der Waals surface area contributed by atoms with Crippen molar-refractivity contribution in [3.63, 3.8) is 0 Å². The normalized spacial score (nSPS) is 14.4. The first-order valence-corrected chi connectivity index (χ1v) is 6.98. The summed E-state index contributed by atoms with van der Waals surface area (Å²) in [6.07, 6.45) is 1.76. The lowest BCUT2D eigenvalue weighted by Gasteiger charge is -2.13. The maximum Gasteiger partial charge on any atom is 0.198 e. The van der Waals surface area contributed by atoms with Crippen molar-refractivity contribution < 1.29 is 4.39 Å². The van der Waals surface area contributed by atoms with E-state index >= 15 is 0 Å². The summed E-state index contributed by atoms with van der Waals surface area (Å²) in [5.74, 6) is 0.446. The van der Waals surface area contributed by atoms with Gasteiger partial charge in [-0.3, -0.25) is 0 Å². The van der Waals surface area contributed by atoms with Gasteiger partial charge in [0.1, 0.15) is 11.6 Å². The van der Waals surface area contributed by atoms with Gasteiger partial charge in [0.2, 0.25) is 0 Å². The highest BCUT2D eigenvalue weighted by Gasteiger charge is 2.14. The Hall–Kier alpha value is -1.79. The SMILES string of the molecule is Fc1cccc(Nc2nc(=S)[nH]c3c2CCNCC3)c1. The molecular weight excluding hydrogens is 275 g/mol. The minimum Gasteiger partial charge on any atom is -0.340 e. The molecule has 104 valence electrons. The zero-order chi connectivity index (χ0) is 13.9. The van der Waals surface area contributed by atoms with E-state index in [1.165, 1.54) is 12.1 Å². The summed E-state index contributed by atoms with van der Waals surface area (Å²) in [5.41, 5.74) is 2.90. The molecule has 0 unspecified atom stereocenters. The summed E-state index contributed by atoms with van der Waals surface area (Å²) in [6, 6.07) is 6.34. The molecule has 0 amide bonds. The molecule has 3 N–H and O–H groups in total. The summed E-state index contributed by atoms with van der Waals surface area (Å²) in [4.78, 5) is 7.51. The predicted molar refractivity (Wildman–Crippen MR) is 79.4 cm³/mol. The van der Waals surface area contributed by atoms with E-state index in [4.69, 9.17) is 12.2 Å². The molecule has 1 aromatic carbocycles. The molecule has 2 aromatic rings. The molecule has 0 spiro atoms. The highest BCUT2D eigenvalue weighted by molar-refractivity contribution is 7.71. The summed E-state index contributed by atoms with van der Waals surface area (Å²) in [7, 11) is 0. The van der Waals surface area contributed by atoms with Crippen LogP contribution in [0.1, 0.15) is 11.3 Å². The Kier molecular flexibility index (Phi) is 3.75. The van der Waals surface area contributed by atoms with E-state index in [0.717, 1.165) is 43.0 Å². The highest BCUT2D eigenvalue weighted by atomic mass is 32.1. The molecule has 2 heterocycles. The third kappa shape index (κ3) is 2.86. The minimum absolute atomic E-state index is 0.274. The number of nitrogens with one attached hydrogen (secondary N) is 3. The third-order valence-electron chi connectivity index (χ3n) is 3.31. The van der Waals surface area contributed by atoms with Gasteiger partial charge in [-0.05, 0) is 43.4 Å². The van der Waals surface area contributed by atoms with Crippen LogP contribution in [0.2, 0.25) is 0 Å². The second kappa shape index (κ2) is 5.68. The van der Waals surface area contributed by atoms with Gasteiger partial charge >= 0.3 is 0 Å². The van der Waals surface area contributed by atoms with Gasteiger partial charge < -0.3 is 15.6 Å². The molecule has 0 radical (unpaired) electrons. The summed E-state index contributed by atoms with van der Waals surface area (Å²) in [6.45, 7) is 1.82. The number of H-pyrrole nitrogens is 1. The van der Waals surface area contributed by atoms with Crippen LogP contribution >= 0.6 is 12.2 Å². The highest BCUT2D eigenvalue weighted by Crippen LogP contribution is 2.23. The van der Waals surface area contributed by atoms with Crippen LogP contribution in [0.25, 0.3) is 0 Å². The summed E-state index contributed by atoms with van der Waals surface area (Å²) >= 11 is 5.17. The topological polar surface area (TPSA) is 52.7 Å². The molecule has 1 aliphatic rings. The molecule has 0 saturated heterocycles. The molecule has 1 aromatic heterocycles. The van der Waals surface area contributed by atoms with Gasteiger partial charge in [0.25, 0.3) is 0 Å².